The fraction of sp³-hybridized carbons (Fsp3) is 0.938. The van der Waals surface area contributed by atoms with E-state index in [0.29, 0.717) is 12.5 Å². The molecule has 0 aromatic heterocycles. The molecule has 20 heavy (non-hydrogen) atoms. The summed E-state index contributed by atoms with van der Waals surface area (Å²) in [6.45, 7) is 6.84. The van der Waals surface area contributed by atoms with E-state index in [0.717, 1.165) is 44.8 Å². The number of likely N-dealkylation sites (N-methyl/N-ethyl adjacent to an activating group) is 1. The maximum absolute atomic E-state index is 12.4. The molecule has 2 rings (SSSR count). The first kappa shape index (κ1) is 15.8. The lowest BCUT2D eigenvalue weighted by atomic mass is 9.84. The molecule has 2 unspecified atom stereocenters. The van der Waals surface area contributed by atoms with Crippen LogP contribution in [0.1, 0.15) is 52.4 Å². The zero-order valence-electron chi connectivity index (χ0n) is 13.3. The van der Waals surface area contributed by atoms with Gasteiger partial charge in [-0.2, -0.15) is 0 Å². The van der Waals surface area contributed by atoms with Crippen LogP contribution in [0.2, 0.25) is 0 Å². The van der Waals surface area contributed by atoms with Crippen molar-refractivity contribution < 1.29 is 9.53 Å². The summed E-state index contributed by atoms with van der Waals surface area (Å²) in [7, 11) is 1.91. The highest BCUT2D eigenvalue weighted by Gasteiger charge is 2.48. The predicted molar refractivity (Wildman–Crippen MR) is 80.7 cm³/mol. The van der Waals surface area contributed by atoms with Crippen LogP contribution in [-0.2, 0) is 9.53 Å². The van der Waals surface area contributed by atoms with Crippen molar-refractivity contribution in [3.63, 3.8) is 0 Å². The SMILES string of the molecule is CCOC(=O)C1(NC)CCCC1CCN(CC)C1CC1. The van der Waals surface area contributed by atoms with E-state index in [4.69, 9.17) is 4.74 Å². The Labute approximate surface area is 123 Å². The Bertz CT molecular complexity index is 330. The topological polar surface area (TPSA) is 41.6 Å². The molecule has 0 aromatic rings. The van der Waals surface area contributed by atoms with E-state index in [-0.39, 0.29) is 5.97 Å². The van der Waals surface area contributed by atoms with Crippen LogP contribution >= 0.6 is 0 Å². The van der Waals surface area contributed by atoms with Crippen molar-refractivity contribution >= 4 is 5.97 Å². The fourth-order valence-electron chi connectivity index (χ4n) is 3.79. The highest BCUT2D eigenvalue weighted by molar-refractivity contribution is 5.81. The average molecular weight is 282 g/mol. The molecule has 2 aliphatic rings. The Morgan fingerprint density at radius 3 is 2.65 bits per heavy atom. The third-order valence-electron chi connectivity index (χ3n) is 5.14. The van der Waals surface area contributed by atoms with Gasteiger partial charge in [-0.1, -0.05) is 13.3 Å². The Kier molecular flexibility index (Phi) is 5.44. The van der Waals surface area contributed by atoms with Gasteiger partial charge in [0.25, 0.3) is 0 Å². The van der Waals surface area contributed by atoms with Crippen LogP contribution in [0.4, 0.5) is 0 Å². The molecule has 0 amide bonds. The maximum Gasteiger partial charge on any atom is 0.326 e. The third-order valence-corrected chi connectivity index (χ3v) is 5.14. The molecule has 2 atom stereocenters. The van der Waals surface area contributed by atoms with Gasteiger partial charge >= 0.3 is 5.97 Å². The number of nitrogens with one attached hydrogen (secondary N) is 1. The molecular weight excluding hydrogens is 252 g/mol. The molecule has 2 aliphatic carbocycles. The second-order valence-corrected chi connectivity index (χ2v) is 6.18. The maximum atomic E-state index is 12.4. The smallest absolute Gasteiger partial charge is 0.326 e. The normalized spacial score (nSPS) is 29.9. The summed E-state index contributed by atoms with van der Waals surface area (Å²) in [4.78, 5) is 14.9. The van der Waals surface area contributed by atoms with E-state index in [2.05, 4.69) is 17.1 Å². The summed E-state index contributed by atoms with van der Waals surface area (Å²) in [5.74, 6) is 0.374. The van der Waals surface area contributed by atoms with Gasteiger partial charge in [0.15, 0.2) is 0 Å². The van der Waals surface area contributed by atoms with Gasteiger partial charge in [0.2, 0.25) is 0 Å². The summed E-state index contributed by atoms with van der Waals surface area (Å²) >= 11 is 0. The number of hydrogen-bond acceptors (Lipinski definition) is 4. The largest absolute Gasteiger partial charge is 0.465 e. The molecule has 0 heterocycles. The summed E-state index contributed by atoms with van der Waals surface area (Å²) < 4.78 is 5.33. The number of hydrogen-bond donors (Lipinski definition) is 1. The lowest BCUT2D eigenvalue weighted by Crippen LogP contribution is -2.54. The number of carbonyl (C=O) groups excluding carboxylic acids is 1. The molecule has 4 heteroatoms. The number of carbonyl (C=O) groups is 1. The van der Waals surface area contributed by atoms with Crippen LogP contribution in [0.25, 0.3) is 0 Å². The summed E-state index contributed by atoms with van der Waals surface area (Å²) in [5, 5.41) is 3.31. The molecule has 0 spiro atoms. The minimum Gasteiger partial charge on any atom is -0.465 e. The quantitative estimate of drug-likeness (QED) is 0.693. The number of ether oxygens (including phenoxy) is 1. The molecule has 0 bridgehead atoms. The standard InChI is InChI=1S/C16H30N2O2/c1-4-18(14-8-9-14)12-10-13-7-6-11-16(13,17-3)15(19)20-5-2/h13-14,17H,4-12H2,1-3H3. The van der Waals surface area contributed by atoms with Crippen molar-refractivity contribution in [1.82, 2.24) is 10.2 Å². The second kappa shape index (κ2) is 6.90. The van der Waals surface area contributed by atoms with Crippen molar-refractivity contribution in [2.24, 2.45) is 5.92 Å². The summed E-state index contributed by atoms with van der Waals surface area (Å²) in [6, 6.07) is 0.813. The molecule has 2 saturated carbocycles. The van der Waals surface area contributed by atoms with Crippen LogP contribution in [0, 0.1) is 5.92 Å². The first-order valence-electron chi connectivity index (χ1n) is 8.28. The molecule has 0 aromatic carbocycles. The van der Waals surface area contributed by atoms with Crippen molar-refractivity contribution in [3.05, 3.63) is 0 Å². The van der Waals surface area contributed by atoms with Crippen LogP contribution in [0.3, 0.4) is 0 Å². The second-order valence-electron chi connectivity index (χ2n) is 6.18. The minimum atomic E-state index is -0.432. The van der Waals surface area contributed by atoms with Crippen LogP contribution < -0.4 is 5.32 Å². The molecule has 0 aliphatic heterocycles. The Morgan fingerprint density at radius 2 is 2.10 bits per heavy atom. The molecule has 1 N–H and O–H groups in total. The zero-order valence-corrected chi connectivity index (χ0v) is 13.3. The average Bonchev–Trinajstić information content (AvgIpc) is 3.20. The number of nitrogens with zero attached hydrogens (tertiary/aromatic N) is 1. The fourth-order valence-corrected chi connectivity index (χ4v) is 3.79. The summed E-state index contributed by atoms with van der Waals surface area (Å²) in [6.07, 6.45) is 7.00. The van der Waals surface area contributed by atoms with E-state index in [1.807, 2.05) is 14.0 Å². The lowest BCUT2D eigenvalue weighted by Gasteiger charge is -2.34. The molecule has 0 radical (unpaired) electrons. The van der Waals surface area contributed by atoms with Gasteiger partial charge in [0.1, 0.15) is 5.54 Å². The van der Waals surface area contributed by atoms with Crippen LogP contribution in [0.15, 0.2) is 0 Å². The number of esters is 1. The van der Waals surface area contributed by atoms with Gasteiger partial charge in [-0.05, 0) is 65.1 Å². The van der Waals surface area contributed by atoms with Gasteiger partial charge in [0.05, 0.1) is 6.61 Å². The summed E-state index contributed by atoms with van der Waals surface area (Å²) in [5.41, 5.74) is -0.432. The molecule has 2 fully saturated rings. The first-order chi connectivity index (χ1) is 9.67. The van der Waals surface area contributed by atoms with Gasteiger partial charge in [-0.3, -0.25) is 4.79 Å². The lowest BCUT2D eigenvalue weighted by molar-refractivity contribution is -0.153. The van der Waals surface area contributed by atoms with Crippen molar-refractivity contribution in [3.8, 4) is 0 Å². The van der Waals surface area contributed by atoms with Gasteiger partial charge < -0.3 is 15.0 Å². The predicted octanol–water partition coefficient (Wildman–Crippen LogP) is 2.18. The van der Waals surface area contributed by atoms with E-state index in [1.165, 1.54) is 12.8 Å². The Hall–Kier alpha value is -0.610. The monoisotopic (exact) mass is 282 g/mol. The van der Waals surface area contributed by atoms with Gasteiger partial charge in [0, 0.05) is 6.04 Å². The van der Waals surface area contributed by atoms with Crippen molar-refractivity contribution in [2.45, 2.75) is 64.0 Å². The Balaban J connectivity index is 1.95. The van der Waals surface area contributed by atoms with E-state index in [1.54, 1.807) is 0 Å². The van der Waals surface area contributed by atoms with Crippen LogP contribution in [0.5, 0.6) is 0 Å². The van der Waals surface area contributed by atoms with E-state index in [9.17, 15) is 4.79 Å². The van der Waals surface area contributed by atoms with E-state index >= 15 is 0 Å². The zero-order chi connectivity index (χ0) is 14.6. The van der Waals surface area contributed by atoms with Crippen molar-refractivity contribution in [2.75, 3.05) is 26.7 Å². The third kappa shape index (κ3) is 3.17. The van der Waals surface area contributed by atoms with E-state index < -0.39 is 5.54 Å². The number of rotatable bonds is 8. The minimum absolute atomic E-state index is 0.0422. The van der Waals surface area contributed by atoms with Crippen molar-refractivity contribution in [1.29, 1.82) is 0 Å². The molecular formula is C16H30N2O2. The van der Waals surface area contributed by atoms with Crippen LogP contribution in [-0.4, -0.2) is 49.2 Å². The Morgan fingerprint density at radius 1 is 1.35 bits per heavy atom. The highest BCUT2D eigenvalue weighted by atomic mass is 16.5. The molecule has 4 nitrogen and oxygen atoms in total. The first-order valence-corrected chi connectivity index (χ1v) is 8.28. The van der Waals surface area contributed by atoms with Gasteiger partial charge in [-0.25, -0.2) is 0 Å². The molecule has 0 saturated heterocycles. The highest BCUT2D eigenvalue weighted by Crippen LogP contribution is 2.39. The van der Waals surface area contributed by atoms with Gasteiger partial charge in [-0.15, -0.1) is 0 Å². The molecule has 116 valence electrons.